The maximum Gasteiger partial charge on any atom is 0.401 e. The minimum atomic E-state index is -4.10. The number of alkyl halides is 3. The third kappa shape index (κ3) is 9.39. The predicted molar refractivity (Wildman–Crippen MR) is 111 cm³/mol. The van der Waals surface area contributed by atoms with E-state index in [1.54, 1.807) is 7.11 Å². The number of nitrogens with zero attached hydrogens (tertiary/aromatic N) is 2. The van der Waals surface area contributed by atoms with Crippen molar-refractivity contribution in [2.24, 2.45) is 10.9 Å². The molecule has 1 saturated heterocycles. The average Bonchev–Trinajstić information content (AvgIpc) is 2.69. The van der Waals surface area contributed by atoms with E-state index in [0.717, 1.165) is 50.5 Å². The molecule has 5 nitrogen and oxygen atoms in total. The molecule has 0 radical (unpaired) electrons. The lowest BCUT2D eigenvalue weighted by Crippen LogP contribution is -2.40. The number of hydrogen-bond acceptors (Lipinski definition) is 3. The number of nitrogens with one attached hydrogen (secondary N) is 2. The largest absolute Gasteiger partial charge is 0.497 e. The van der Waals surface area contributed by atoms with Crippen molar-refractivity contribution in [1.29, 1.82) is 0 Å². The Kier molecular flexibility index (Phi) is 9.57. The number of guanidine groups is 1. The number of halogens is 3. The fourth-order valence-corrected chi connectivity index (χ4v) is 3.50. The van der Waals surface area contributed by atoms with Gasteiger partial charge < -0.3 is 15.4 Å². The van der Waals surface area contributed by atoms with Gasteiger partial charge in [0.1, 0.15) is 5.75 Å². The molecule has 0 unspecified atom stereocenters. The highest BCUT2D eigenvalue weighted by molar-refractivity contribution is 5.79. The van der Waals surface area contributed by atoms with E-state index < -0.39 is 12.7 Å². The molecule has 0 amide bonds. The molecule has 8 heteroatoms. The third-order valence-electron chi connectivity index (χ3n) is 5.13. The predicted octanol–water partition coefficient (Wildman–Crippen LogP) is 3.46. The summed E-state index contributed by atoms with van der Waals surface area (Å²) in [7, 11) is 1.65. The fraction of sp³-hybridized carbons (Fsp3) is 0.667. The zero-order chi connectivity index (χ0) is 21.1. The number of rotatable bonds is 9. The highest BCUT2D eigenvalue weighted by atomic mass is 19.4. The molecule has 1 aliphatic heterocycles. The molecular formula is C21H33F3N4O. The van der Waals surface area contributed by atoms with Crippen LogP contribution in [0.1, 0.15) is 31.7 Å². The van der Waals surface area contributed by atoms with Crippen molar-refractivity contribution in [2.45, 2.75) is 38.8 Å². The van der Waals surface area contributed by atoms with Gasteiger partial charge in [0, 0.05) is 19.6 Å². The Hall–Kier alpha value is -1.96. The topological polar surface area (TPSA) is 48.9 Å². The highest BCUT2D eigenvalue weighted by Crippen LogP contribution is 2.24. The van der Waals surface area contributed by atoms with Gasteiger partial charge in [-0.1, -0.05) is 12.1 Å². The van der Waals surface area contributed by atoms with E-state index in [9.17, 15) is 13.2 Å². The van der Waals surface area contributed by atoms with E-state index in [1.807, 2.05) is 19.1 Å². The molecule has 1 aromatic rings. The van der Waals surface area contributed by atoms with E-state index in [-0.39, 0.29) is 0 Å². The van der Waals surface area contributed by atoms with Crippen LogP contribution in [-0.2, 0) is 6.42 Å². The van der Waals surface area contributed by atoms with Gasteiger partial charge >= 0.3 is 6.18 Å². The van der Waals surface area contributed by atoms with Gasteiger partial charge in [-0.3, -0.25) is 9.89 Å². The number of piperidine rings is 1. The molecule has 0 bridgehead atoms. The molecule has 164 valence electrons. The van der Waals surface area contributed by atoms with Crippen LogP contribution in [0.2, 0.25) is 0 Å². The SMILES string of the molecule is CCNC(=NCCC1CCN(CC(F)(F)F)CC1)NCCc1ccc(OC)cc1. The van der Waals surface area contributed by atoms with Gasteiger partial charge in [0.2, 0.25) is 0 Å². The first kappa shape index (κ1) is 23.3. The zero-order valence-electron chi connectivity index (χ0n) is 17.4. The molecular weight excluding hydrogens is 381 g/mol. The molecule has 2 N–H and O–H groups in total. The number of methoxy groups -OCH3 is 1. The maximum absolute atomic E-state index is 12.5. The van der Waals surface area contributed by atoms with Gasteiger partial charge in [0.15, 0.2) is 5.96 Å². The summed E-state index contributed by atoms with van der Waals surface area (Å²) in [6.45, 7) is 4.51. The third-order valence-corrected chi connectivity index (χ3v) is 5.13. The summed E-state index contributed by atoms with van der Waals surface area (Å²) in [6, 6.07) is 8.01. The maximum atomic E-state index is 12.5. The molecule has 0 atom stereocenters. The lowest BCUT2D eigenvalue weighted by Gasteiger charge is -2.32. The van der Waals surface area contributed by atoms with E-state index in [2.05, 4.69) is 27.8 Å². The Morgan fingerprint density at radius 3 is 2.45 bits per heavy atom. The van der Waals surface area contributed by atoms with Crippen LogP contribution in [0.3, 0.4) is 0 Å². The number of hydrogen-bond donors (Lipinski definition) is 2. The minimum Gasteiger partial charge on any atom is -0.497 e. The summed E-state index contributed by atoms with van der Waals surface area (Å²) in [4.78, 5) is 6.13. The highest BCUT2D eigenvalue weighted by Gasteiger charge is 2.32. The molecule has 1 aliphatic rings. The van der Waals surface area contributed by atoms with Crippen LogP contribution < -0.4 is 15.4 Å². The number of aliphatic imine (C=N–C) groups is 1. The quantitative estimate of drug-likeness (QED) is 0.480. The van der Waals surface area contributed by atoms with Crippen LogP contribution in [0.5, 0.6) is 5.75 Å². The molecule has 1 fully saturated rings. The van der Waals surface area contributed by atoms with Crippen molar-refractivity contribution >= 4 is 5.96 Å². The minimum absolute atomic E-state index is 0.449. The summed E-state index contributed by atoms with van der Waals surface area (Å²) in [6.07, 6.45) is -0.684. The van der Waals surface area contributed by atoms with Crippen molar-refractivity contribution in [1.82, 2.24) is 15.5 Å². The molecule has 0 spiro atoms. The zero-order valence-corrected chi connectivity index (χ0v) is 17.4. The van der Waals surface area contributed by atoms with Crippen molar-refractivity contribution < 1.29 is 17.9 Å². The first-order chi connectivity index (χ1) is 13.9. The van der Waals surface area contributed by atoms with Crippen LogP contribution in [0.4, 0.5) is 13.2 Å². The van der Waals surface area contributed by atoms with Crippen LogP contribution in [0.15, 0.2) is 29.3 Å². The Labute approximate surface area is 171 Å². The van der Waals surface area contributed by atoms with Crippen molar-refractivity contribution in [3.63, 3.8) is 0 Å². The summed E-state index contributed by atoms with van der Waals surface area (Å²) in [5, 5.41) is 6.59. The van der Waals surface area contributed by atoms with Crippen molar-refractivity contribution in [3.05, 3.63) is 29.8 Å². The monoisotopic (exact) mass is 414 g/mol. The smallest absolute Gasteiger partial charge is 0.401 e. The summed E-state index contributed by atoms with van der Waals surface area (Å²) >= 11 is 0. The lowest BCUT2D eigenvalue weighted by molar-refractivity contribution is -0.148. The summed E-state index contributed by atoms with van der Waals surface area (Å²) in [5.74, 6) is 2.08. The number of ether oxygens (including phenoxy) is 1. The summed E-state index contributed by atoms with van der Waals surface area (Å²) in [5.41, 5.74) is 1.22. The van der Waals surface area contributed by atoms with Crippen molar-refractivity contribution in [3.8, 4) is 5.75 Å². The Morgan fingerprint density at radius 2 is 1.86 bits per heavy atom. The first-order valence-corrected chi connectivity index (χ1v) is 10.3. The van der Waals surface area contributed by atoms with Crippen LogP contribution in [0, 0.1) is 5.92 Å². The van der Waals surface area contributed by atoms with Crippen LogP contribution >= 0.6 is 0 Å². The number of likely N-dealkylation sites (tertiary alicyclic amines) is 1. The van der Waals surface area contributed by atoms with E-state index in [4.69, 9.17) is 4.74 Å². The van der Waals surface area contributed by atoms with E-state index in [0.29, 0.717) is 25.6 Å². The molecule has 29 heavy (non-hydrogen) atoms. The lowest BCUT2D eigenvalue weighted by atomic mass is 9.93. The molecule has 1 heterocycles. The van der Waals surface area contributed by atoms with E-state index in [1.165, 1.54) is 10.5 Å². The standard InChI is InChI=1S/C21H33F3N4O/c1-3-25-20(26-12-8-17-4-6-19(29-2)7-5-17)27-13-9-18-10-14-28(15-11-18)16-21(22,23)24/h4-7,18H,3,8-16H2,1-2H3,(H2,25,26,27). The normalized spacial score (nSPS) is 16.7. The van der Waals surface area contributed by atoms with Crippen LogP contribution in [0.25, 0.3) is 0 Å². The number of benzene rings is 1. The van der Waals surface area contributed by atoms with Gasteiger partial charge in [-0.25, -0.2) is 0 Å². The van der Waals surface area contributed by atoms with Gasteiger partial charge in [0.25, 0.3) is 0 Å². The molecule has 1 aromatic carbocycles. The van der Waals surface area contributed by atoms with Crippen molar-refractivity contribution in [2.75, 3.05) is 46.4 Å². The Morgan fingerprint density at radius 1 is 1.17 bits per heavy atom. The second-order valence-corrected chi connectivity index (χ2v) is 7.41. The fourth-order valence-electron chi connectivity index (χ4n) is 3.50. The second-order valence-electron chi connectivity index (χ2n) is 7.41. The van der Waals surface area contributed by atoms with Crippen LogP contribution in [-0.4, -0.2) is 63.4 Å². The van der Waals surface area contributed by atoms with Gasteiger partial charge in [-0.15, -0.1) is 0 Å². The molecule has 0 saturated carbocycles. The Balaban J connectivity index is 1.69. The second kappa shape index (κ2) is 11.9. The van der Waals surface area contributed by atoms with Gasteiger partial charge in [-0.05, 0) is 69.3 Å². The van der Waals surface area contributed by atoms with E-state index >= 15 is 0 Å². The first-order valence-electron chi connectivity index (χ1n) is 10.3. The summed E-state index contributed by atoms with van der Waals surface area (Å²) < 4.78 is 42.6. The average molecular weight is 415 g/mol. The van der Waals surface area contributed by atoms with Gasteiger partial charge in [0.05, 0.1) is 13.7 Å². The van der Waals surface area contributed by atoms with Gasteiger partial charge in [-0.2, -0.15) is 13.2 Å². The molecule has 2 rings (SSSR count). The molecule has 0 aromatic heterocycles. The Bertz CT molecular complexity index is 611. The molecule has 0 aliphatic carbocycles.